The Balaban J connectivity index is 1.46. The van der Waals surface area contributed by atoms with Crippen molar-refractivity contribution in [2.24, 2.45) is 0 Å². The van der Waals surface area contributed by atoms with E-state index in [4.69, 9.17) is 16.7 Å². The Kier molecular flexibility index (Phi) is 7.62. The molecule has 1 amide bonds. The van der Waals surface area contributed by atoms with E-state index in [1.807, 2.05) is 32.0 Å². The minimum atomic E-state index is -0.179. The van der Waals surface area contributed by atoms with E-state index < -0.39 is 0 Å². The molecule has 1 aliphatic rings. The van der Waals surface area contributed by atoms with E-state index in [0.29, 0.717) is 38.9 Å². The third-order valence-electron chi connectivity index (χ3n) is 5.72. The molecule has 1 saturated heterocycles. The van der Waals surface area contributed by atoms with Crippen LogP contribution in [0.3, 0.4) is 0 Å². The summed E-state index contributed by atoms with van der Waals surface area (Å²) >= 11 is 7.60. The van der Waals surface area contributed by atoms with E-state index in [-0.39, 0.29) is 12.5 Å². The number of aliphatic hydroxyl groups is 1. The number of thiazole rings is 1. The zero-order valence-corrected chi connectivity index (χ0v) is 21.0. The van der Waals surface area contributed by atoms with Crippen LogP contribution in [0.25, 0.3) is 0 Å². The first kappa shape index (κ1) is 24.3. The molecule has 180 valence electrons. The summed E-state index contributed by atoms with van der Waals surface area (Å²) in [4.78, 5) is 33.0. The van der Waals surface area contributed by atoms with Gasteiger partial charge < -0.3 is 20.2 Å². The number of carbonyl (C=O) groups is 1. The Bertz CT molecular complexity index is 1140. The highest BCUT2D eigenvalue weighted by Gasteiger charge is 2.21. The van der Waals surface area contributed by atoms with Gasteiger partial charge >= 0.3 is 0 Å². The van der Waals surface area contributed by atoms with Crippen LogP contribution in [-0.2, 0) is 0 Å². The molecular weight excluding hydrogens is 474 g/mol. The molecule has 9 nitrogen and oxygen atoms in total. The summed E-state index contributed by atoms with van der Waals surface area (Å²) in [7, 11) is 1.71. The Morgan fingerprint density at radius 3 is 2.71 bits per heavy atom. The lowest BCUT2D eigenvalue weighted by molar-refractivity contribution is 0.0996. The lowest BCUT2D eigenvalue weighted by Crippen LogP contribution is -2.47. The van der Waals surface area contributed by atoms with Crippen LogP contribution in [0.4, 0.5) is 22.5 Å². The van der Waals surface area contributed by atoms with Crippen molar-refractivity contribution in [1.82, 2.24) is 19.9 Å². The number of nitrogens with zero attached hydrogens (tertiary/aromatic N) is 6. The number of rotatable bonds is 7. The Hall–Kier alpha value is -2.79. The highest BCUT2D eigenvalue weighted by Crippen LogP contribution is 2.31. The number of aliphatic hydroxyl groups excluding tert-OH is 1. The van der Waals surface area contributed by atoms with Crippen molar-refractivity contribution >= 4 is 51.3 Å². The van der Waals surface area contributed by atoms with Crippen LogP contribution in [-0.4, -0.2) is 77.2 Å². The van der Waals surface area contributed by atoms with Crippen LogP contribution in [0.5, 0.6) is 0 Å². The molecule has 3 aromatic rings. The van der Waals surface area contributed by atoms with Crippen molar-refractivity contribution in [2.45, 2.75) is 13.8 Å². The summed E-state index contributed by atoms with van der Waals surface area (Å²) in [5.74, 6) is 1.95. The van der Waals surface area contributed by atoms with E-state index >= 15 is 0 Å². The number of piperazine rings is 1. The minimum absolute atomic E-state index is 0.173. The molecule has 0 saturated carbocycles. The number of nitrogens with one attached hydrogen (secondary N) is 1. The van der Waals surface area contributed by atoms with Crippen LogP contribution in [0.1, 0.15) is 21.1 Å². The maximum absolute atomic E-state index is 13.1. The molecule has 4 rings (SSSR count). The van der Waals surface area contributed by atoms with E-state index in [0.717, 1.165) is 37.6 Å². The van der Waals surface area contributed by atoms with Crippen LogP contribution in [0.2, 0.25) is 5.02 Å². The van der Waals surface area contributed by atoms with Gasteiger partial charge in [-0.15, -0.1) is 0 Å². The standard InChI is InChI=1S/C23H28ClN7O2S/c1-15-5-4-6-17(24)21(15)29(3)22(33)18-14-25-23(34-18)28-19-13-20(27-16(2)26-19)31-9-7-30(8-10-31)11-12-32/h4-6,13-14,32H,7-12H2,1-3H3,(H,25,26,27,28). The van der Waals surface area contributed by atoms with Crippen LogP contribution < -0.4 is 15.1 Å². The number of aryl methyl sites for hydroxylation is 2. The second-order valence-corrected chi connectivity index (χ2v) is 9.57. The van der Waals surface area contributed by atoms with Gasteiger partial charge in [-0.3, -0.25) is 9.69 Å². The zero-order valence-electron chi connectivity index (χ0n) is 19.5. The third kappa shape index (κ3) is 5.47. The van der Waals surface area contributed by atoms with Gasteiger partial charge in [-0.05, 0) is 25.5 Å². The summed E-state index contributed by atoms with van der Waals surface area (Å²) in [6.45, 7) is 8.07. The van der Waals surface area contributed by atoms with Gasteiger partial charge in [-0.25, -0.2) is 15.0 Å². The summed E-state index contributed by atoms with van der Waals surface area (Å²) in [6, 6.07) is 7.46. The Morgan fingerprint density at radius 2 is 2.00 bits per heavy atom. The van der Waals surface area contributed by atoms with Gasteiger partial charge in [0.2, 0.25) is 0 Å². The van der Waals surface area contributed by atoms with E-state index in [9.17, 15) is 4.79 Å². The molecule has 2 aromatic heterocycles. The molecule has 0 unspecified atom stereocenters. The number of β-amino-alcohol motifs (C(OH)–C–C–N with tert-alkyl or cyclic N) is 1. The number of benzene rings is 1. The molecule has 34 heavy (non-hydrogen) atoms. The summed E-state index contributed by atoms with van der Waals surface area (Å²) in [6.07, 6.45) is 1.56. The molecule has 1 aliphatic heterocycles. The van der Waals surface area contributed by atoms with Crippen LogP contribution >= 0.6 is 22.9 Å². The number of halogens is 1. The molecule has 2 N–H and O–H groups in total. The Morgan fingerprint density at radius 1 is 1.24 bits per heavy atom. The first-order valence-electron chi connectivity index (χ1n) is 11.1. The first-order chi connectivity index (χ1) is 16.4. The number of hydrogen-bond acceptors (Lipinski definition) is 9. The quantitative estimate of drug-likeness (QED) is 0.508. The maximum atomic E-state index is 13.1. The average molecular weight is 502 g/mol. The molecule has 1 aromatic carbocycles. The van der Waals surface area contributed by atoms with Gasteiger partial charge in [-0.1, -0.05) is 35.1 Å². The second-order valence-electron chi connectivity index (χ2n) is 8.14. The molecule has 0 atom stereocenters. The summed E-state index contributed by atoms with van der Waals surface area (Å²) in [5, 5.41) is 13.5. The normalized spacial score (nSPS) is 14.3. The van der Waals surface area contributed by atoms with Crippen molar-refractivity contribution < 1.29 is 9.90 Å². The predicted molar refractivity (Wildman–Crippen MR) is 137 cm³/mol. The van der Waals surface area contributed by atoms with Gasteiger partial charge in [-0.2, -0.15) is 0 Å². The van der Waals surface area contributed by atoms with Gasteiger partial charge in [0.15, 0.2) is 5.13 Å². The highest BCUT2D eigenvalue weighted by atomic mass is 35.5. The predicted octanol–water partition coefficient (Wildman–Crippen LogP) is 3.34. The fourth-order valence-corrected chi connectivity index (χ4v) is 5.12. The highest BCUT2D eigenvalue weighted by molar-refractivity contribution is 7.17. The minimum Gasteiger partial charge on any atom is -0.395 e. The van der Waals surface area contributed by atoms with Gasteiger partial charge in [0.05, 0.1) is 23.5 Å². The smallest absolute Gasteiger partial charge is 0.269 e. The van der Waals surface area contributed by atoms with Gasteiger partial charge in [0.1, 0.15) is 22.3 Å². The van der Waals surface area contributed by atoms with Crippen LogP contribution in [0.15, 0.2) is 30.5 Å². The third-order valence-corrected chi connectivity index (χ3v) is 6.92. The monoisotopic (exact) mass is 501 g/mol. The van der Waals surface area contributed by atoms with Crippen molar-refractivity contribution in [3.63, 3.8) is 0 Å². The molecule has 0 spiro atoms. The van der Waals surface area contributed by atoms with Crippen LogP contribution in [0, 0.1) is 13.8 Å². The average Bonchev–Trinajstić information content (AvgIpc) is 3.27. The van der Waals surface area contributed by atoms with E-state index in [1.165, 1.54) is 11.3 Å². The maximum Gasteiger partial charge on any atom is 0.269 e. The van der Waals surface area contributed by atoms with E-state index in [2.05, 4.69) is 30.1 Å². The zero-order chi connectivity index (χ0) is 24.2. The number of para-hydroxylation sites is 1. The number of hydrogen-bond donors (Lipinski definition) is 2. The fourth-order valence-electron chi connectivity index (χ4n) is 3.98. The summed E-state index contributed by atoms with van der Waals surface area (Å²) < 4.78 is 0. The lowest BCUT2D eigenvalue weighted by atomic mass is 10.2. The summed E-state index contributed by atoms with van der Waals surface area (Å²) in [5.41, 5.74) is 1.61. The van der Waals surface area contributed by atoms with Crippen molar-refractivity contribution in [3.05, 3.63) is 51.7 Å². The second kappa shape index (κ2) is 10.6. The van der Waals surface area contributed by atoms with Crippen molar-refractivity contribution in [3.8, 4) is 0 Å². The molecule has 11 heteroatoms. The lowest BCUT2D eigenvalue weighted by Gasteiger charge is -2.35. The molecule has 0 radical (unpaired) electrons. The van der Waals surface area contributed by atoms with Crippen molar-refractivity contribution in [1.29, 1.82) is 0 Å². The van der Waals surface area contributed by atoms with E-state index in [1.54, 1.807) is 24.2 Å². The SMILES string of the molecule is Cc1nc(Nc2ncc(C(=O)N(C)c3c(C)cccc3Cl)s2)cc(N2CCN(CCO)CC2)n1. The number of anilines is 4. The van der Waals surface area contributed by atoms with Crippen molar-refractivity contribution in [2.75, 3.05) is 61.5 Å². The number of aromatic nitrogens is 3. The molecule has 1 fully saturated rings. The van der Waals surface area contributed by atoms with Gasteiger partial charge in [0, 0.05) is 45.8 Å². The van der Waals surface area contributed by atoms with Gasteiger partial charge in [0.25, 0.3) is 5.91 Å². The molecule has 0 aliphatic carbocycles. The largest absolute Gasteiger partial charge is 0.395 e. The molecule has 0 bridgehead atoms. The molecular formula is C23H28ClN7O2S. The Labute approximate surface area is 208 Å². The topological polar surface area (TPSA) is 97.7 Å². The fraction of sp³-hybridized carbons (Fsp3) is 0.391. The number of amides is 1. The number of carbonyl (C=O) groups excluding carboxylic acids is 1. The molecule has 3 heterocycles. The first-order valence-corrected chi connectivity index (χ1v) is 12.2.